The second-order valence-electron chi connectivity index (χ2n) is 5.58. The summed E-state index contributed by atoms with van der Waals surface area (Å²) in [6, 6.07) is 6.51. The molecule has 2 aromatic rings. The van der Waals surface area contributed by atoms with Crippen LogP contribution in [-0.2, 0) is 6.42 Å². The van der Waals surface area contributed by atoms with Gasteiger partial charge in [-0.3, -0.25) is 0 Å². The number of aryl methyl sites for hydroxylation is 1. The van der Waals surface area contributed by atoms with Crippen molar-refractivity contribution in [1.29, 1.82) is 0 Å². The molecule has 0 radical (unpaired) electrons. The number of quaternary nitrogens is 1. The third-order valence-corrected chi connectivity index (χ3v) is 3.06. The third-order valence-electron chi connectivity index (χ3n) is 3.06. The smallest absolute Gasteiger partial charge is 0.0822 e. The zero-order chi connectivity index (χ0) is 11.8. The fourth-order valence-corrected chi connectivity index (χ4v) is 2.03. The summed E-state index contributed by atoms with van der Waals surface area (Å²) in [4.78, 5) is 3.39. The van der Waals surface area contributed by atoms with Crippen LogP contribution < -0.4 is 24.0 Å². The normalized spacial score (nSPS) is 11.5. The third kappa shape index (κ3) is 3.45. The zero-order valence-corrected chi connectivity index (χ0v) is 13.2. The van der Waals surface area contributed by atoms with Crippen LogP contribution in [0.25, 0.3) is 10.9 Å². The highest BCUT2D eigenvalue weighted by Crippen LogP contribution is 2.21. The van der Waals surface area contributed by atoms with Crippen LogP contribution in [0, 0.1) is 6.92 Å². The van der Waals surface area contributed by atoms with Crippen molar-refractivity contribution in [2.75, 3.05) is 27.7 Å². The molecule has 1 aromatic carbocycles. The van der Waals surface area contributed by atoms with Crippen LogP contribution in [0.3, 0.4) is 0 Å². The van der Waals surface area contributed by atoms with Gasteiger partial charge in [0.1, 0.15) is 0 Å². The summed E-state index contributed by atoms with van der Waals surface area (Å²) < 4.78 is 1.01. The van der Waals surface area contributed by atoms with E-state index in [-0.39, 0.29) is 24.0 Å². The molecule has 0 saturated carbocycles. The molecule has 0 unspecified atom stereocenters. The Balaban J connectivity index is 0.00000144. The van der Waals surface area contributed by atoms with Crippen molar-refractivity contribution in [1.82, 2.24) is 4.98 Å². The summed E-state index contributed by atoms with van der Waals surface area (Å²) in [5, 5.41) is 1.38. The molecular weight excluding hydrogens is 323 g/mol. The number of hydrogen-bond donors (Lipinski definition) is 1. The number of aromatic nitrogens is 1. The summed E-state index contributed by atoms with van der Waals surface area (Å²) in [5.74, 6) is 0. The van der Waals surface area contributed by atoms with E-state index in [1.807, 2.05) is 0 Å². The number of hydrogen-bond acceptors (Lipinski definition) is 0. The molecule has 0 aliphatic carbocycles. The highest BCUT2D eigenvalue weighted by atomic mass is 127. The zero-order valence-electron chi connectivity index (χ0n) is 11.0. The molecule has 0 fully saturated rings. The summed E-state index contributed by atoms with van der Waals surface area (Å²) in [7, 11) is 6.71. The number of nitrogens with one attached hydrogen (secondary N) is 1. The van der Waals surface area contributed by atoms with Gasteiger partial charge in [0.2, 0.25) is 0 Å². The van der Waals surface area contributed by atoms with Crippen molar-refractivity contribution in [3.63, 3.8) is 0 Å². The molecule has 0 aliphatic heterocycles. The van der Waals surface area contributed by atoms with Crippen molar-refractivity contribution < 1.29 is 28.5 Å². The van der Waals surface area contributed by atoms with Crippen molar-refractivity contribution in [2.24, 2.45) is 0 Å². The van der Waals surface area contributed by atoms with Gasteiger partial charge in [-0.2, -0.15) is 0 Å². The van der Waals surface area contributed by atoms with E-state index >= 15 is 0 Å². The standard InChI is InChI=1S/C14H21N2.HI/c1-11-6-5-7-13-12(10-15-14(11)13)8-9-16(2,3)4;/h5-7,10,15H,8-9H2,1-4H3;1H/q+1;/p-1. The van der Waals surface area contributed by atoms with Crippen LogP contribution in [0.4, 0.5) is 0 Å². The molecule has 17 heavy (non-hydrogen) atoms. The fourth-order valence-electron chi connectivity index (χ4n) is 2.03. The number of para-hydroxylation sites is 1. The summed E-state index contributed by atoms with van der Waals surface area (Å²) in [6.45, 7) is 3.32. The maximum absolute atomic E-state index is 3.39. The van der Waals surface area contributed by atoms with Gasteiger partial charge in [-0.05, 0) is 18.1 Å². The Kier molecular flexibility index (Phi) is 4.61. The number of likely N-dealkylation sites (N-methyl/N-ethyl adjacent to an activating group) is 1. The largest absolute Gasteiger partial charge is 1.00 e. The Morgan fingerprint density at radius 1 is 1.18 bits per heavy atom. The number of nitrogens with zero attached hydrogens (tertiary/aromatic N) is 1. The van der Waals surface area contributed by atoms with Gasteiger partial charge in [0, 0.05) is 23.5 Å². The lowest BCUT2D eigenvalue weighted by Crippen LogP contribution is -3.00. The molecule has 0 spiro atoms. The second-order valence-corrected chi connectivity index (χ2v) is 5.58. The minimum atomic E-state index is 0. The Morgan fingerprint density at radius 2 is 1.88 bits per heavy atom. The highest BCUT2D eigenvalue weighted by molar-refractivity contribution is 5.85. The lowest BCUT2D eigenvalue weighted by molar-refractivity contribution is -0.870. The molecule has 1 N–H and O–H groups in total. The van der Waals surface area contributed by atoms with Crippen molar-refractivity contribution >= 4 is 10.9 Å². The average Bonchev–Trinajstić information content (AvgIpc) is 2.58. The minimum absolute atomic E-state index is 0. The Bertz CT molecular complexity index is 494. The molecule has 0 saturated heterocycles. The first kappa shape index (κ1) is 14.5. The lowest BCUT2D eigenvalue weighted by Gasteiger charge is -2.23. The van der Waals surface area contributed by atoms with Crippen LogP contribution in [0.15, 0.2) is 24.4 Å². The average molecular weight is 344 g/mol. The number of H-pyrrole nitrogens is 1. The number of fused-ring (bicyclic) bond motifs is 1. The van der Waals surface area contributed by atoms with E-state index in [2.05, 4.69) is 57.4 Å². The highest BCUT2D eigenvalue weighted by Gasteiger charge is 2.10. The molecule has 0 bridgehead atoms. The van der Waals surface area contributed by atoms with Gasteiger partial charge < -0.3 is 33.4 Å². The van der Waals surface area contributed by atoms with Gasteiger partial charge in [0.05, 0.1) is 27.7 Å². The van der Waals surface area contributed by atoms with Crippen LogP contribution in [0.5, 0.6) is 0 Å². The summed E-state index contributed by atoms with van der Waals surface area (Å²) >= 11 is 0. The first-order chi connectivity index (χ1) is 7.47. The van der Waals surface area contributed by atoms with Crippen molar-refractivity contribution in [3.05, 3.63) is 35.5 Å². The number of halogens is 1. The summed E-state index contributed by atoms with van der Waals surface area (Å²) in [6.07, 6.45) is 3.29. The number of rotatable bonds is 3. The quantitative estimate of drug-likeness (QED) is 0.583. The molecule has 1 aromatic heterocycles. The predicted octanol–water partition coefficient (Wildman–Crippen LogP) is -0.271. The first-order valence-corrected chi connectivity index (χ1v) is 5.83. The van der Waals surface area contributed by atoms with Crippen LogP contribution in [-0.4, -0.2) is 37.2 Å². The molecule has 94 valence electrons. The van der Waals surface area contributed by atoms with E-state index in [0.717, 1.165) is 10.9 Å². The van der Waals surface area contributed by atoms with E-state index in [4.69, 9.17) is 0 Å². The van der Waals surface area contributed by atoms with Gasteiger partial charge in [0.15, 0.2) is 0 Å². The summed E-state index contributed by atoms with van der Waals surface area (Å²) in [5.41, 5.74) is 4.06. The number of benzene rings is 1. The van der Waals surface area contributed by atoms with E-state index in [0.29, 0.717) is 0 Å². The fraction of sp³-hybridized carbons (Fsp3) is 0.429. The van der Waals surface area contributed by atoms with Crippen LogP contribution in [0.2, 0.25) is 0 Å². The molecule has 1 heterocycles. The van der Waals surface area contributed by atoms with E-state index in [1.54, 1.807) is 0 Å². The molecule has 0 aliphatic rings. The molecule has 0 amide bonds. The van der Waals surface area contributed by atoms with Gasteiger partial charge >= 0.3 is 0 Å². The second kappa shape index (κ2) is 5.40. The monoisotopic (exact) mass is 344 g/mol. The van der Waals surface area contributed by atoms with Crippen LogP contribution in [0.1, 0.15) is 11.1 Å². The first-order valence-electron chi connectivity index (χ1n) is 5.83. The Labute approximate surface area is 121 Å². The Morgan fingerprint density at radius 3 is 2.53 bits per heavy atom. The van der Waals surface area contributed by atoms with Gasteiger partial charge in [-0.15, -0.1) is 0 Å². The Hall–Kier alpha value is -0.550. The maximum Gasteiger partial charge on any atom is 0.0822 e. The van der Waals surface area contributed by atoms with E-state index in [9.17, 15) is 0 Å². The minimum Gasteiger partial charge on any atom is -1.00 e. The SMILES string of the molecule is Cc1cccc2c(CC[N+](C)(C)C)c[nH]c12.[I-]. The van der Waals surface area contributed by atoms with Gasteiger partial charge in [-0.25, -0.2) is 0 Å². The predicted molar refractivity (Wildman–Crippen MR) is 69.6 cm³/mol. The van der Waals surface area contributed by atoms with E-state index in [1.165, 1.54) is 28.6 Å². The van der Waals surface area contributed by atoms with Crippen LogP contribution >= 0.6 is 0 Å². The molecule has 2 nitrogen and oxygen atoms in total. The van der Waals surface area contributed by atoms with Crippen molar-refractivity contribution in [3.8, 4) is 0 Å². The maximum atomic E-state index is 3.39. The number of aromatic amines is 1. The van der Waals surface area contributed by atoms with Crippen molar-refractivity contribution in [2.45, 2.75) is 13.3 Å². The van der Waals surface area contributed by atoms with E-state index < -0.39 is 0 Å². The van der Waals surface area contributed by atoms with Gasteiger partial charge in [-0.1, -0.05) is 18.2 Å². The molecule has 0 atom stereocenters. The lowest BCUT2D eigenvalue weighted by atomic mass is 10.1. The molecular formula is C14H21IN2. The topological polar surface area (TPSA) is 15.8 Å². The molecule has 2 rings (SSSR count). The van der Waals surface area contributed by atoms with Gasteiger partial charge in [0.25, 0.3) is 0 Å². The molecule has 3 heteroatoms.